The number of hydrogen-bond donors (Lipinski definition) is 1. The van der Waals surface area contributed by atoms with Crippen molar-refractivity contribution in [3.8, 4) is 5.75 Å². The molecule has 5 heteroatoms. The minimum absolute atomic E-state index is 0.0778. The second-order valence-corrected chi connectivity index (χ2v) is 4.10. The smallest absolute Gasteiger partial charge is 0.419 e. The Bertz CT molecular complexity index is 427. The van der Waals surface area contributed by atoms with Crippen LogP contribution in [0, 0.1) is 0 Å². The van der Waals surface area contributed by atoms with Gasteiger partial charge in [-0.3, -0.25) is 0 Å². The molecule has 2 nitrogen and oxygen atoms in total. The molecule has 0 aromatic heterocycles. The van der Waals surface area contributed by atoms with Gasteiger partial charge in [0.15, 0.2) is 0 Å². The van der Waals surface area contributed by atoms with Crippen LogP contribution < -0.4 is 10.1 Å². The van der Waals surface area contributed by atoms with E-state index in [2.05, 4.69) is 11.9 Å². The molecule has 0 saturated heterocycles. The van der Waals surface area contributed by atoms with Gasteiger partial charge in [0.2, 0.25) is 0 Å². The number of alkyl halides is 3. The van der Waals surface area contributed by atoms with Gasteiger partial charge in [0, 0.05) is 6.54 Å². The van der Waals surface area contributed by atoms with Crippen LogP contribution in [0.15, 0.2) is 30.4 Å². The molecule has 18 heavy (non-hydrogen) atoms. The molecule has 1 aromatic carbocycles. The van der Waals surface area contributed by atoms with E-state index in [9.17, 15) is 13.2 Å². The van der Waals surface area contributed by atoms with Gasteiger partial charge in [0.1, 0.15) is 12.4 Å². The summed E-state index contributed by atoms with van der Waals surface area (Å²) in [6.07, 6.45) is -4.42. The Hall–Kier alpha value is -1.49. The van der Waals surface area contributed by atoms with Gasteiger partial charge in [-0.15, -0.1) is 0 Å². The van der Waals surface area contributed by atoms with Crippen LogP contribution >= 0.6 is 0 Å². The first-order chi connectivity index (χ1) is 8.34. The Morgan fingerprint density at radius 1 is 1.39 bits per heavy atom. The van der Waals surface area contributed by atoms with E-state index < -0.39 is 11.7 Å². The van der Waals surface area contributed by atoms with E-state index in [-0.39, 0.29) is 12.4 Å². The molecule has 1 rings (SSSR count). The van der Waals surface area contributed by atoms with E-state index in [1.807, 2.05) is 0 Å². The third-order valence-electron chi connectivity index (χ3n) is 2.20. The van der Waals surface area contributed by atoms with E-state index in [0.29, 0.717) is 17.7 Å². The third-order valence-corrected chi connectivity index (χ3v) is 2.20. The van der Waals surface area contributed by atoms with Crippen molar-refractivity contribution in [2.24, 2.45) is 0 Å². The zero-order valence-corrected chi connectivity index (χ0v) is 10.4. The lowest BCUT2D eigenvalue weighted by Gasteiger charge is -2.15. The molecule has 1 N–H and O–H groups in total. The van der Waals surface area contributed by atoms with E-state index in [1.54, 1.807) is 20.0 Å². The number of rotatable bonds is 5. The summed E-state index contributed by atoms with van der Waals surface area (Å²) in [6.45, 7) is 5.75. The molecule has 0 radical (unpaired) electrons. The Labute approximate surface area is 104 Å². The fraction of sp³-hybridized carbons (Fsp3) is 0.385. The van der Waals surface area contributed by atoms with Crippen LogP contribution in [0.1, 0.15) is 18.1 Å². The summed E-state index contributed by atoms with van der Waals surface area (Å²) in [5.74, 6) is -0.162. The molecule has 100 valence electrons. The van der Waals surface area contributed by atoms with Gasteiger partial charge in [-0.05, 0) is 37.2 Å². The summed E-state index contributed by atoms with van der Waals surface area (Å²) < 4.78 is 43.7. The summed E-state index contributed by atoms with van der Waals surface area (Å²) in [5.41, 5.74) is 0.478. The van der Waals surface area contributed by atoms with Crippen LogP contribution in [0.3, 0.4) is 0 Å². The van der Waals surface area contributed by atoms with Crippen LogP contribution in [0.4, 0.5) is 13.2 Å². The molecule has 0 atom stereocenters. The molecular formula is C13H16F3NO. The van der Waals surface area contributed by atoms with Crippen LogP contribution in [-0.2, 0) is 12.7 Å². The highest BCUT2D eigenvalue weighted by molar-refractivity contribution is 5.39. The zero-order chi connectivity index (χ0) is 13.8. The van der Waals surface area contributed by atoms with Gasteiger partial charge >= 0.3 is 6.18 Å². The SMILES string of the molecule is C=C(C)COc1ccc(CNC)cc1C(F)(F)F. The summed E-state index contributed by atoms with van der Waals surface area (Å²) in [5, 5.41) is 2.81. The second kappa shape index (κ2) is 5.91. The fourth-order valence-corrected chi connectivity index (χ4v) is 1.44. The molecule has 0 spiro atoms. The van der Waals surface area contributed by atoms with Gasteiger partial charge in [-0.1, -0.05) is 12.6 Å². The Morgan fingerprint density at radius 2 is 2.06 bits per heavy atom. The number of nitrogens with one attached hydrogen (secondary N) is 1. The predicted octanol–water partition coefficient (Wildman–Crippen LogP) is 3.38. The van der Waals surface area contributed by atoms with Crippen LogP contribution in [0.25, 0.3) is 0 Å². The van der Waals surface area contributed by atoms with Crippen LogP contribution in [-0.4, -0.2) is 13.7 Å². The highest BCUT2D eigenvalue weighted by Gasteiger charge is 2.34. The van der Waals surface area contributed by atoms with Crippen molar-refractivity contribution in [3.05, 3.63) is 41.5 Å². The average Bonchev–Trinajstić information content (AvgIpc) is 2.26. The molecule has 0 fully saturated rings. The van der Waals surface area contributed by atoms with E-state index in [1.165, 1.54) is 6.07 Å². The maximum absolute atomic E-state index is 12.9. The first-order valence-electron chi connectivity index (χ1n) is 5.46. The molecule has 0 unspecified atom stereocenters. The van der Waals surface area contributed by atoms with Crippen LogP contribution in [0.2, 0.25) is 0 Å². The molecule has 0 aliphatic rings. The lowest BCUT2D eigenvalue weighted by atomic mass is 10.1. The number of benzene rings is 1. The fourth-order valence-electron chi connectivity index (χ4n) is 1.44. The number of hydrogen-bond acceptors (Lipinski definition) is 2. The quantitative estimate of drug-likeness (QED) is 0.818. The number of halogens is 3. The highest BCUT2D eigenvalue weighted by atomic mass is 19.4. The highest BCUT2D eigenvalue weighted by Crippen LogP contribution is 2.37. The first kappa shape index (κ1) is 14.6. The Morgan fingerprint density at radius 3 is 2.56 bits per heavy atom. The summed E-state index contributed by atoms with van der Waals surface area (Å²) in [6, 6.07) is 4.06. The topological polar surface area (TPSA) is 21.3 Å². The molecule has 0 bridgehead atoms. The van der Waals surface area contributed by atoms with Crippen molar-refractivity contribution >= 4 is 0 Å². The molecule has 0 amide bonds. The van der Waals surface area contributed by atoms with Gasteiger partial charge in [0.05, 0.1) is 5.56 Å². The van der Waals surface area contributed by atoms with Crippen molar-refractivity contribution in [3.63, 3.8) is 0 Å². The molecule has 1 aromatic rings. The van der Waals surface area contributed by atoms with Crippen molar-refractivity contribution in [2.45, 2.75) is 19.6 Å². The van der Waals surface area contributed by atoms with Crippen molar-refractivity contribution < 1.29 is 17.9 Å². The van der Waals surface area contributed by atoms with Gasteiger partial charge in [-0.2, -0.15) is 13.2 Å². The van der Waals surface area contributed by atoms with E-state index >= 15 is 0 Å². The standard InChI is InChI=1S/C13H16F3NO/c1-9(2)8-18-12-5-4-10(7-17-3)6-11(12)13(14,15)16/h4-6,17H,1,7-8H2,2-3H3. The van der Waals surface area contributed by atoms with Gasteiger partial charge < -0.3 is 10.1 Å². The lowest BCUT2D eigenvalue weighted by molar-refractivity contribution is -0.138. The van der Waals surface area contributed by atoms with Crippen molar-refractivity contribution in [1.82, 2.24) is 5.32 Å². The summed E-state index contributed by atoms with van der Waals surface area (Å²) in [4.78, 5) is 0. The predicted molar refractivity (Wildman–Crippen MR) is 64.5 cm³/mol. The van der Waals surface area contributed by atoms with Crippen molar-refractivity contribution in [2.75, 3.05) is 13.7 Å². The van der Waals surface area contributed by atoms with Crippen molar-refractivity contribution in [1.29, 1.82) is 0 Å². The molecule has 0 aliphatic heterocycles. The Kier molecular flexibility index (Phi) is 4.78. The lowest BCUT2D eigenvalue weighted by Crippen LogP contribution is -2.12. The minimum Gasteiger partial charge on any atom is -0.489 e. The molecule has 0 aliphatic carbocycles. The molecule has 0 saturated carbocycles. The number of ether oxygens (including phenoxy) is 1. The largest absolute Gasteiger partial charge is 0.489 e. The molecular weight excluding hydrogens is 243 g/mol. The van der Waals surface area contributed by atoms with E-state index in [4.69, 9.17) is 4.74 Å². The van der Waals surface area contributed by atoms with E-state index in [0.717, 1.165) is 6.07 Å². The Balaban J connectivity index is 3.05. The summed E-state index contributed by atoms with van der Waals surface area (Å²) in [7, 11) is 1.68. The summed E-state index contributed by atoms with van der Waals surface area (Å²) >= 11 is 0. The maximum atomic E-state index is 12.9. The average molecular weight is 259 g/mol. The normalized spacial score (nSPS) is 11.4. The van der Waals surface area contributed by atoms with Gasteiger partial charge in [-0.25, -0.2) is 0 Å². The third kappa shape index (κ3) is 4.07. The zero-order valence-electron chi connectivity index (χ0n) is 10.4. The monoisotopic (exact) mass is 259 g/mol. The molecule has 0 heterocycles. The van der Waals surface area contributed by atoms with Crippen LogP contribution in [0.5, 0.6) is 5.75 Å². The minimum atomic E-state index is -4.42. The van der Waals surface area contributed by atoms with Gasteiger partial charge in [0.25, 0.3) is 0 Å². The first-order valence-corrected chi connectivity index (χ1v) is 5.46. The maximum Gasteiger partial charge on any atom is 0.419 e. The second-order valence-electron chi connectivity index (χ2n) is 4.10.